The monoisotopic (exact) mass is 962 g/mol. The van der Waals surface area contributed by atoms with Crippen molar-refractivity contribution in [2.45, 2.75) is 272 Å². The molecule has 0 radical (unpaired) electrons. The Hall–Kier alpha value is -0.470. The molecule has 0 amide bonds. The number of nitrogens with zero attached hydrogens (tertiary/aromatic N) is 1. The van der Waals surface area contributed by atoms with Crippen LogP contribution in [-0.4, -0.2) is 61.0 Å². The number of carbonyl (C=O) groups is 2. The van der Waals surface area contributed by atoms with Crippen LogP contribution >= 0.6 is 23.7 Å². The maximum atomic E-state index is 14.6. The van der Waals surface area contributed by atoms with E-state index in [9.17, 15) is 14.2 Å². The third-order valence-corrected chi connectivity index (χ3v) is 15.6. The van der Waals surface area contributed by atoms with E-state index in [0.29, 0.717) is 36.6 Å². The SMILES string of the molecule is CCCCCCCCCCCCCCCCCC(=O)OCC(COP(=O)(O[C@@H]1C[C@H](C)CC[C@H]1C(C)C)N(C)CCBr)OC(=O)CCCCCCCCCCCCCCCCC. The minimum Gasteiger partial charge on any atom is -0.462 e. The summed E-state index contributed by atoms with van der Waals surface area (Å²) >= 11 is 3.49. The summed E-state index contributed by atoms with van der Waals surface area (Å²) in [6.07, 6.45) is 40.5. The van der Waals surface area contributed by atoms with Crippen LogP contribution in [0.3, 0.4) is 0 Å². The van der Waals surface area contributed by atoms with E-state index >= 15 is 0 Å². The topological polar surface area (TPSA) is 91.4 Å². The Labute approximate surface area is 392 Å². The van der Waals surface area contributed by atoms with Crippen molar-refractivity contribution in [3.63, 3.8) is 0 Å². The molecule has 1 aliphatic rings. The average Bonchev–Trinajstić information content (AvgIpc) is 3.24. The molecule has 1 fully saturated rings. The highest BCUT2D eigenvalue weighted by molar-refractivity contribution is 9.09. The van der Waals surface area contributed by atoms with Gasteiger partial charge >= 0.3 is 19.7 Å². The number of unbranched alkanes of at least 4 members (excludes halogenated alkanes) is 28. The van der Waals surface area contributed by atoms with Gasteiger partial charge in [-0.2, -0.15) is 0 Å². The molecule has 0 aromatic rings. The number of hydrogen-bond donors (Lipinski definition) is 0. The van der Waals surface area contributed by atoms with E-state index in [-0.39, 0.29) is 37.2 Å². The molecule has 0 spiro atoms. The van der Waals surface area contributed by atoms with Gasteiger partial charge in [0.15, 0.2) is 6.10 Å². The Kier molecular flexibility index (Phi) is 39.2. The normalized spacial score (nSPS) is 18.3. The first kappa shape index (κ1) is 59.5. The average molecular weight is 963 g/mol. The zero-order chi connectivity index (χ0) is 45.5. The van der Waals surface area contributed by atoms with E-state index in [1.165, 1.54) is 154 Å². The van der Waals surface area contributed by atoms with Crippen LogP contribution in [0, 0.1) is 17.8 Å². The molecule has 2 unspecified atom stereocenters. The molecule has 10 heteroatoms. The number of carbonyl (C=O) groups excluding carboxylic acids is 2. The van der Waals surface area contributed by atoms with E-state index < -0.39 is 13.9 Å². The molecule has 0 N–H and O–H groups in total. The summed E-state index contributed by atoms with van der Waals surface area (Å²) in [5.74, 6) is 0.513. The van der Waals surface area contributed by atoms with Gasteiger partial charge in [0.2, 0.25) is 0 Å². The van der Waals surface area contributed by atoms with E-state index in [1.807, 2.05) is 0 Å². The lowest BCUT2D eigenvalue weighted by Crippen LogP contribution is -2.36. The lowest BCUT2D eigenvalue weighted by molar-refractivity contribution is -0.161. The highest BCUT2D eigenvalue weighted by Gasteiger charge is 2.41. The van der Waals surface area contributed by atoms with Crippen molar-refractivity contribution >= 4 is 35.6 Å². The smallest absolute Gasteiger partial charge is 0.408 e. The number of hydrogen-bond acceptors (Lipinski definition) is 7. The first-order valence-corrected chi connectivity index (χ1v) is 29.2. The van der Waals surface area contributed by atoms with Crippen LogP contribution in [0.4, 0.5) is 0 Å². The van der Waals surface area contributed by atoms with Crippen molar-refractivity contribution in [3.8, 4) is 0 Å². The summed E-state index contributed by atoms with van der Waals surface area (Å²) in [6, 6.07) is 0. The van der Waals surface area contributed by atoms with Crippen LogP contribution in [0.25, 0.3) is 0 Å². The van der Waals surface area contributed by atoms with Gasteiger partial charge in [-0.05, 0) is 50.5 Å². The van der Waals surface area contributed by atoms with Gasteiger partial charge in [-0.15, -0.1) is 0 Å². The molecule has 5 atom stereocenters. The van der Waals surface area contributed by atoms with Crippen LogP contribution in [0.15, 0.2) is 0 Å². The molecule has 1 aliphatic carbocycles. The molecule has 8 nitrogen and oxygen atoms in total. The van der Waals surface area contributed by atoms with Crippen molar-refractivity contribution in [2.75, 3.05) is 32.1 Å². The second-order valence-electron chi connectivity index (χ2n) is 19.5. The highest BCUT2D eigenvalue weighted by Crippen LogP contribution is 2.55. The van der Waals surface area contributed by atoms with Gasteiger partial charge in [0, 0.05) is 24.7 Å². The molecule has 0 bridgehead atoms. The Morgan fingerprint density at radius 2 is 1.02 bits per heavy atom. The lowest BCUT2D eigenvalue weighted by Gasteiger charge is -2.40. The quantitative estimate of drug-likeness (QED) is 0.0258. The van der Waals surface area contributed by atoms with E-state index in [1.54, 1.807) is 11.7 Å². The standard InChI is InChI=1S/C52H101BrNO7P/c1-7-9-11-13-15-17-19-21-23-25-27-29-31-33-35-37-51(55)58-44-48(60-52(56)38-36-34-32-30-28-26-24-22-20-18-16-14-12-10-8-2)45-59-62(57,54(6)42-41-53)61-50-43-47(5)39-40-49(50)46(3)4/h46-50H,7-45H2,1-6H3/t47-,48?,49+,50-,62?/m1/s1. The second-order valence-corrected chi connectivity index (χ2v) is 22.4. The first-order chi connectivity index (χ1) is 30.1. The lowest BCUT2D eigenvalue weighted by atomic mass is 9.75. The van der Waals surface area contributed by atoms with Crippen molar-refractivity contribution < 1.29 is 32.7 Å². The van der Waals surface area contributed by atoms with Crippen LogP contribution in [0.2, 0.25) is 0 Å². The van der Waals surface area contributed by atoms with Crippen molar-refractivity contribution in [1.29, 1.82) is 0 Å². The zero-order valence-corrected chi connectivity index (χ0v) is 44.1. The molecule has 0 aliphatic heterocycles. The Morgan fingerprint density at radius 1 is 0.613 bits per heavy atom. The maximum absolute atomic E-state index is 14.6. The number of ether oxygens (including phenoxy) is 2. The first-order valence-electron chi connectivity index (χ1n) is 26.6. The predicted octanol–water partition coefficient (Wildman–Crippen LogP) is 16.9. The summed E-state index contributed by atoms with van der Waals surface area (Å²) in [5, 5.41) is 0.601. The van der Waals surface area contributed by atoms with Crippen LogP contribution in [0.5, 0.6) is 0 Å². The molecule has 0 aromatic heterocycles. The van der Waals surface area contributed by atoms with Gasteiger partial charge in [-0.25, -0.2) is 9.24 Å². The largest absolute Gasteiger partial charge is 0.462 e. The number of rotatable bonds is 44. The highest BCUT2D eigenvalue weighted by atomic mass is 79.9. The third kappa shape index (κ3) is 32.2. The minimum atomic E-state index is -3.77. The second kappa shape index (κ2) is 40.8. The van der Waals surface area contributed by atoms with Crippen LogP contribution in [-0.2, 0) is 32.7 Å². The fourth-order valence-electron chi connectivity index (χ4n) is 8.94. The Bertz CT molecular complexity index is 1100. The summed E-state index contributed by atoms with van der Waals surface area (Å²) in [5.41, 5.74) is 0. The van der Waals surface area contributed by atoms with Gasteiger partial charge in [0.05, 0.1) is 12.7 Å². The molecule has 1 rings (SSSR count). The van der Waals surface area contributed by atoms with E-state index in [0.717, 1.165) is 57.8 Å². The minimum absolute atomic E-state index is 0.126. The summed E-state index contributed by atoms with van der Waals surface area (Å²) in [4.78, 5) is 26.0. The summed E-state index contributed by atoms with van der Waals surface area (Å²) < 4.78 is 40.5. The molecule has 0 saturated heterocycles. The van der Waals surface area contributed by atoms with Gasteiger partial charge in [-0.1, -0.05) is 237 Å². The molecular weight excluding hydrogens is 861 g/mol. The Morgan fingerprint density at radius 3 is 1.42 bits per heavy atom. The number of alkyl halides is 1. The van der Waals surface area contributed by atoms with Gasteiger partial charge in [0.25, 0.3) is 0 Å². The van der Waals surface area contributed by atoms with Crippen molar-refractivity contribution in [3.05, 3.63) is 0 Å². The molecule has 1 saturated carbocycles. The molecular formula is C52H101BrNO7P. The van der Waals surface area contributed by atoms with Gasteiger partial charge in [-0.3, -0.25) is 18.6 Å². The maximum Gasteiger partial charge on any atom is 0.408 e. The predicted molar refractivity (Wildman–Crippen MR) is 266 cm³/mol. The number of esters is 2. The van der Waals surface area contributed by atoms with Crippen molar-refractivity contribution in [2.24, 2.45) is 17.8 Å². The van der Waals surface area contributed by atoms with E-state index in [2.05, 4.69) is 50.5 Å². The van der Waals surface area contributed by atoms with Crippen LogP contribution < -0.4 is 0 Å². The van der Waals surface area contributed by atoms with Gasteiger partial charge in [0.1, 0.15) is 6.61 Å². The Balaban J connectivity index is 2.59. The van der Waals surface area contributed by atoms with Crippen molar-refractivity contribution in [1.82, 2.24) is 4.67 Å². The molecule has 0 aromatic carbocycles. The zero-order valence-electron chi connectivity index (χ0n) is 41.6. The fourth-order valence-corrected chi connectivity index (χ4v) is 11.4. The number of halogens is 1. The summed E-state index contributed by atoms with van der Waals surface area (Å²) in [7, 11) is -2.01. The molecule has 62 heavy (non-hydrogen) atoms. The summed E-state index contributed by atoms with van der Waals surface area (Å²) in [6.45, 7) is 11.3. The van der Waals surface area contributed by atoms with E-state index in [4.69, 9.17) is 18.5 Å². The molecule has 368 valence electrons. The fraction of sp³-hybridized carbons (Fsp3) is 0.962. The van der Waals surface area contributed by atoms with Crippen LogP contribution in [0.1, 0.15) is 259 Å². The van der Waals surface area contributed by atoms with Gasteiger partial charge < -0.3 is 9.47 Å². The molecule has 0 heterocycles. The third-order valence-electron chi connectivity index (χ3n) is 13.2.